The fraction of sp³-hybridized carbons (Fsp3) is 0.278. The number of H-pyrrole nitrogens is 1. The van der Waals surface area contributed by atoms with Gasteiger partial charge in [0.05, 0.1) is 11.4 Å². The Balaban J connectivity index is 2.12. The van der Waals surface area contributed by atoms with Gasteiger partial charge in [-0.05, 0) is 26.2 Å². The summed E-state index contributed by atoms with van der Waals surface area (Å²) in [5, 5.41) is 12.1. The summed E-state index contributed by atoms with van der Waals surface area (Å²) >= 11 is 1.03. The highest BCUT2D eigenvalue weighted by molar-refractivity contribution is 7.98. The van der Waals surface area contributed by atoms with Gasteiger partial charge in [-0.15, -0.1) is 11.8 Å². The standard InChI is InChI=1S/C18H17F3N4O2S/c1-7(18(26)27)8(2)23-16-13(21)17(28-3)25-15(24-16)11-6-22-14-10(11)4-9(19)5-12(14)20/h4-8,22H,1-3H3,(H,26,27)(H,23,24,25)/t7-,8-/m0/s1. The van der Waals surface area contributed by atoms with E-state index >= 15 is 0 Å². The third kappa shape index (κ3) is 3.64. The predicted octanol–water partition coefficient (Wildman–Crippen LogP) is 4.29. The molecule has 0 bridgehead atoms. The quantitative estimate of drug-likeness (QED) is 0.415. The molecule has 2 aromatic heterocycles. The number of rotatable bonds is 6. The van der Waals surface area contributed by atoms with Crippen molar-refractivity contribution in [2.45, 2.75) is 24.9 Å². The van der Waals surface area contributed by atoms with Gasteiger partial charge >= 0.3 is 5.97 Å². The molecule has 2 atom stereocenters. The summed E-state index contributed by atoms with van der Waals surface area (Å²) in [5.74, 6) is -4.22. The molecule has 0 unspecified atom stereocenters. The summed E-state index contributed by atoms with van der Waals surface area (Å²) < 4.78 is 42.3. The van der Waals surface area contributed by atoms with Gasteiger partial charge in [0.1, 0.15) is 16.7 Å². The Labute approximate surface area is 162 Å². The average Bonchev–Trinajstić information content (AvgIpc) is 3.06. The number of thioether (sulfide) groups is 1. The van der Waals surface area contributed by atoms with E-state index in [4.69, 9.17) is 5.11 Å². The van der Waals surface area contributed by atoms with Crippen molar-refractivity contribution < 1.29 is 23.1 Å². The summed E-state index contributed by atoms with van der Waals surface area (Å²) in [6.07, 6.45) is 3.04. The molecule has 0 aliphatic carbocycles. The summed E-state index contributed by atoms with van der Waals surface area (Å²) in [7, 11) is 0. The number of carbonyl (C=O) groups is 1. The largest absolute Gasteiger partial charge is 0.481 e. The lowest BCUT2D eigenvalue weighted by atomic mass is 10.0. The van der Waals surface area contributed by atoms with Gasteiger partial charge in [-0.25, -0.2) is 18.7 Å². The van der Waals surface area contributed by atoms with E-state index < -0.39 is 35.4 Å². The van der Waals surface area contributed by atoms with Crippen LogP contribution in [0.5, 0.6) is 0 Å². The molecule has 3 N–H and O–H groups in total. The Kier molecular flexibility index (Phi) is 5.50. The molecule has 0 aliphatic heterocycles. The molecule has 10 heteroatoms. The number of carboxylic acids is 1. The maximum Gasteiger partial charge on any atom is 0.308 e. The first-order chi connectivity index (χ1) is 13.2. The van der Waals surface area contributed by atoms with E-state index in [-0.39, 0.29) is 27.6 Å². The van der Waals surface area contributed by atoms with E-state index in [0.29, 0.717) is 5.56 Å². The third-order valence-corrected chi connectivity index (χ3v) is 5.12. The zero-order valence-electron chi connectivity index (χ0n) is 15.2. The Morgan fingerprint density at radius 1 is 1.25 bits per heavy atom. The number of anilines is 1. The number of nitrogens with one attached hydrogen (secondary N) is 2. The van der Waals surface area contributed by atoms with Crippen LogP contribution in [0.2, 0.25) is 0 Å². The van der Waals surface area contributed by atoms with Crippen molar-refractivity contribution in [2.24, 2.45) is 5.92 Å². The second-order valence-corrected chi connectivity index (χ2v) is 7.09. The number of halogens is 3. The molecule has 1 aromatic carbocycles. The zero-order valence-corrected chi connectivity index (χ0v) is 16.0. The van der Waals surface area contributed by atoms with Crippen LogP contribution in [0, 0.1) is 23.4 Å². The molecule has 6 nitrogen and oxygen atoms in total. The monoisotopic (exact) mass is 410 g/mol. The molecule has 0 radical (unpaired) electrons. The molecule has 0 fully saturated rings. The molecule has 0 spiro atoms. The minimum Gasteiger partial charge on any atom is -0.481 e. The molecule has 0 aliphatic rings. The normalized spacial score (nSPS) is 13.5. The molecule has 3 aromatic rings. The first-order valence-corrected chi connectivity index (χ1v) is 9.52. The fourth-order valence-electron chi connectivity index (χ4n) is 2.67. The highest BCUT2D eigenvalue weighted by atomic mass is 32.2. The second-order valence-electron chi connectivity index (χ2n) is 6.29. The second kappa shape index (κ2) is 7.70. The van der Waals surface area contributed by atoms with Crippen molar-refractivity contribution >= 4 is 34.5 Å². The van der Waals surface area contributed by atoms with Crippen molar-refractivity contribution in [3.8, 4) is 11.4 Å². The first kappa shape index (κ1) is 20.0. The van der Waals surface area contributed by atoms with Crippen LogP contribution in [0.25, 0.3) is 22.3 Å². The molecular formula is C18H17F3N4O2S. The van der Waals surface area contributed by atoms with Gasteiger partial charge in [0, 0.05) is 29.3 Å². The van der Waals surface area contributed by atoms with Crippen molar-refractivity contribution in [3.63, 3.8) is 0 Å². The number of carboxylic acid groups (broad SMARTS) is 1. The van der Waals surface area contributed by atoms with Gasteiger partial charge in [0.25, 0.3) is 0 Å². The maximum atomic E-state index is 14.7. The van der Waals surface area contributed by atoms with E-state index in [1.165, 1.54) is 13.1 Å². The van der Waals surface area contributed by atoms with Crippen LogP contribution in [0.15, 0.2) is 23.4 Å². The highest BCUT2D eigenvalue weighted by Gasteiger charge is 2.24. The molecule has 0 saturated carbocycles. The minimum absolute atomic E-state index is 0.0221. The summed E-state index contributed by atoms with van der Waals surface area (Å²) in [4.78, 5) is 22.2. The molecule has 2 heterocycles. The average molecular weight is 410 g/mol. The van der Waals surface area contributed by atoms with Crippen LogP contribution in [0.1, 0.15) is 13.8 Å². The lowest BCUT2D eigenvalue weighted by molar-refractivity contribution is -0.141. The number of aliphatic carboxylic acids is 1. The minimum atomic E-state index is -1.04. The lowest BCUT2D eigenvalue weighted by Crippen LogP contribution is -2.30. The Morgan fingerprint density at radius 3 is 2.61 bits per heavy atom. The summed E-state index contributed by atoms with van der Waals surface area (Å²) in [6, 6.07) is 1.27. The summed E-state index contributed by atoms with van der Waals surface area (Å²) in [6.45, 7) is 3.08. The Bertz CT molecular complexity index is 1060. The summed E-state index contributed by atoms with van der Waals surface area (Å²) in [5.41, 5.74) is 0.378. The van der Waals surface area contributed by atoms with Crippen molar-refractivity contribution in [1.29, 1.82) is 0 Å². The van der Waals surface area contributed by atoms with Crippen molar-refractivity contribution in [1.82, 2.24) is 15.0 Å². The zero-order chi connectivity index (χ0) is 20.6. The molecular weight excluding hydrogens is 393 g/mol. The smallest absolute Gasteiger partial charge is 0.308 e. The fourth-order valence-corrected chi connectivity index (χ4v) is 3.13. The van der Waals surface area contributed by atoms with Gasteiger partial charge in [0.15, 0.2) is 17.5 Å². The van der Waals surface area contributed by atoms with Gasteiger partial charge < -0.3 is 15.4 Å². The van der Waals surface area contributed by atoms with E-state index in [1.54, 1.807) is 13.2 Å². The number of benzene rings is 1. The predicted molar refractivity (Wildman–Crippen MR) is 101 cm³/mol. The van der Waals surface area contributed by atoms with Crippen molar-refractivity contribution in [2.75, 3.05) is 11.6 Å². The number of hydrogen-bond donors (Lipinski definition) is 3. The molecule has 0 saturated heterocycles. The number of aromatic amines is 1. The van der Waals surface area contributed by atoms with Gasteiger partial charge in [-0.2, -0.15) is 4.39 Å². The van der Waals surface area contributed by atoms with Gasteiger partial charge in [-0.1, -0.05) is 0 Å². The molecule has 0 amide bonds. The number of nitrogens with zero attached hydrogens (tertiary/aromatic N) is 2. The van der Waals surface area contributed by atoms with Crippen LogP contribution in [-0.4, -0.2) is 38.3 Å². The van der Waals surface area contributed by atoms with Crippen LogP contribution in [0.3, 0.4) is 0 Å². The van der Waals surface area contributed by atoms with E-state index in [0.717, 1.165) is 23.9 Å². The lowest BCUT2D eigenvalue weighted by Gasteiger charge is -2.19. The van der Waals surface area contributed by atoms with Crippen LogP contribution >= 0.6 is 11.8 Å². The SMILES string of the molecule is CSc1nc(-c2c[nH]c3c(F)cc(F)cc23)nc(N[C@@H](C)[C@H](C)C(=O)O)c1F. The van der Waals surface area contributed by atoms with Crippen LogP contribution in [0.4, 0.5) is 19.0 Å². The van der Waals surface area contributed by atoms with Gasteiger partial charge in [-0.3, -0.25) is 4.79 Å². The number of hydrogen-bond acceptors (Lipinski definition) is 5. The first-order valence-electron chi connectivity index (χ1n) is 8.30. The maximum absolute atomic E-state index is 14.7. The topological polar surface area (TPSA) is 90.9 Å². The Hall–Kier alpha value is -2.75. The van der Waals surface area contributed by atoms with Crippen molar-refractivity contribution in [3.05, 3.63) is 35.8 Å². The molecule has 148 valence electrons. The van der Waals surface area contributed by atoms with E-state index in [1.807, 2.05) is 0 Å². The molecule has 3 rings (SSSR count). The third-order valence-electron chi connectivity index (χ3n) is 4.47. The highest BCUT2D eigenvalue weighted by Crippen LogP contribution is 2.32. The molecule has 28 heavy (non-hydrogen) atoms. The Morgan fingerprint density at radius 2 is 1.96 bits per heavy atom. The van der Waals surface area contributed by atoms with E-state index in [2.05, 4.69) is 20.3 Å². The van der Waals surface area contributed by atoms with E-state index in [9.17, 15) is 18.0 Å². The van der Waals surface area contributed by atoms with Gasteiger partial charge in [0.2, 0.25) is 0 Å². The van der Waals surface area contributed by atoms with Crippen LogP contribution in [-0.2, 0) is 4.79 Å². The van der Waals surface area contributed by atoms with Crippen LogP contribution < -0.4 is 5.32 Å². The number of fused-ring (bicyclic) bond motifs is 1. The number of aromatic nitrogens is 3.